The number of rotatable bonds is 5. The third kappa shape index (κ3) is 5.02. The number of hydrogen-bond acceptors (Lipinski definition) is 2. The first-order chi connectivity index (χ1) is 9.21. The minimum atomic E-state index is -4.35. The Kier molecular flexibility index (Phi) is 5.83. The smallest absolute Gasteiger partial charge is 0.392 e. The van der Waals surface area contributed by atoms with Gasteiger partial charge in [0.15, 0.2) is 0 Å². The molecule has 0 bridgehead atoms. The monoisotopic (exact) mass is 295 g/mol. The first-order valence-electron chi connectivity index (χ1n) is 6.78. The summed E-state index contributed by atoms with van der Waals surface area (Å²) in [4.78, 5) is 22.4. The molecule has 116 valence electrons. The fraction of sp³-hybridized carbons (Fsp3) is 0.846. The lowest BCUT2D eigenvalue weighted by molar-refractivity contribution is -0.198. The lowest BCUT2D eigenvalue weighted by Crippen LogP contribution is -2.43. The van der Waals surface area contributed by atoms with E-state index >= 15 is 0 Å². The van der Waals surface area contributed by atoms with Gasteiger partial charge in [-0.1, -0.05) is 19.8 Å². The largest absolute Gasteiger partial charge is 0.481 e. The van der Waals surface area contributed by atoms with Crippen molar-refractivity contribution in [2.45, 2.75) is 45.2 Å². The van der Waals surface area contributed by atoms with E-state index in [1.807, 2.05) is 0 Å². The lowest BCUT2D eigenvalue weighted by Gasteiger charge is -2.32. The van der Waals surface area contributed by atoms with Crippen LogP contribution in [0.4, 0.5) is 13.2 Å². The highest BCUT2D eigenvalue weighted by atomic mass is 19.4. The topological polar surface area (TPSA) is 66.4 Å². The fourth-order valence-corrected chi connectivity index (χ4v) is 2.61. The number of hydrogen-bond donors (Lipinski definition) is 2. The number of carboxylic acid groups (broad SMARTS) is 1. The van der Waals surface area contributed by atoms with Crippen molar-refractivity contribution in [3.05, 3.63) is 0 Å². The molecule has 20 heavy (non-hydrogen) atoms. The van der Waals surface area contributed by atoms with E-state index in [0.29, 0.717) is 12.8 Å². The van der Waals surface area contributed by atoms with Crippen molar-refractivity contribution in [1.82, 2.24) is 5.32 Å². The molecule has 3 unspecified atom stereocenters. The molecule has 1 aliphatic rings. The summed E-state index contributed by atoms with van der Waals surface area (Å²) in [6.45, 7) is 1.72. The zero-order valence-corrected chi connectivity index (χ0v) is 11.4. The van der Waals surface area contributed by atoms with Gasteiger partial charge in [-0.3, -0.25) is 9.59 Å². The molecule has 7 heteroatoms. The minimum Gasteiger partial charge on any atom is -0.481 e. The van der Waals surface area contributed by atoms with E-state index in [1.54, 1.807) is 6.92 Å². The van der Waals surface area contributed by atoms with Crippen LogP contribution in [0, 0.1) is 17.8 Å². The van der Waals surface area contributed by atoms with Gasteiger partial charge in [0.05, 0.1) is 5.92 Å². The Balaban J connectivity index is 2.54. The number of nitrogens with one attached hydrogen (secondary N) is 1. The quantitative estimate of drug-likeness (QED) is 0.819. The predicted octanol–water partition coefficient (Wildman–Crippen LogP) is 2.58. The average Bonchev–Trinajstić information content (AvgIpc) is 2.34. The number of carbonyl (C=O) groups excluding carboxylic acids is 1. The zero-order chi connectivity index (χ0) is 15.3. The number of carboxylic acids is 1. The van der Waals surface area contributed by atoms with Gasteiger partial charge in [0.1, 0.15) is 0 Å². The van der Waals surface area contributed by atoms with Crippen LogP contribution in [0.1, 0.15) is 39.0 Å². The average molecular weight is 295 g/mol. The van der Waals surface area contributed by atoms with Crippen LogP contribution in [-0.2, 0) is 9.59 Å². The molecule has 0 aromatic heterocycles. The van der Waals surface area contributed by atoms with E-state index < -0.39 is 29.9 Å². The third-order valence-electron chi connectivity index (χ3n) is 3.67. The number of aliphatic carboxylic acids is 1. The van der Waals surface area contributed by atoms with Crippen molar-refractivity contribution < 1.29 is 27.9 Å². The minimum absolute atomic E-state index is 0.00767. The summed E-state index contributed by atoms with van der Waals surface area (Å²) in [6, 6.07) is 0. The van der Waals surface area contributed by atoms with Crippen LogP contribution in [-0.4, -0.2) is 29.7 Å². The van der Waals surface area contributed by atoms with E-state index in [4.69, 9.17) is 5.11 Å². The molecule has 1 aliphatic carbocycles. The summed E-state index contributed by atoms with van der Waals surface area (Å²) in [7, 11) is 0. The van der Waals surface area contributed by atoms with E-state index in [0.717, 1.165) is 0 Å². The normalized spacial score (nSPS) is 25.0. The van der Waals surface area contributed by atoms with Crippen LogP contribution in [0.5, 0.6) is 0 Å². The molecule has 1 saturated carbocycles. The van der Waals surface area contributed by atoms with Crippen LogP contribution < -0.4 is 5.32 Å². The van der Waals surface area contributed by atoms with Crippen molar-refractivity contribution in [2.24, 2.45) is 17.8 Å². The molecule has 3 atom stereocenters. The first kappa shape index (κ1) is 16.8. The molecule has 1 fully saturated rings. The summed E-state index contributed by atoms with van der Waals surface area (Å²) >= 11 is 0. The van der Waals surface area contributed by atoms with Crippen LogP contribution in [0.15, 0.2) is 0 Å². The highest BCUT2D eigenvalue weighted by molar-refractivity contribution is 5.79. The van der Waals surface area contributed by atoms with Gasteiger partial charge < -0.3 is 10.4 Å². The van der Waals surface area contributed by atoms with E-state index in [9.17, 15) is 22.8 Å². The van der Waals surface area contributed by atoms with Gasteiger partial charge in [-0.15, -0.1) is 0 Å². The lowest BCUT2D eigenvalue weighted by atomic mass is 9.78. The molecule has 0 aromatic carbocycles. The van der Waals surface area contributed by atoms with Gasteiger partial charge in [0.2, 0.25) is 5.91 Å². The van der Waals surface area contributed by atoms with Crippen LogP contribution in [0.3, 0.4) is 0 Å². The predicted molar refractivity (Wildman–Crippen MR) is 65.9 cm³/mol. The summed E-state index contributed by atoms with van der Waals surface area (Å²) < 4.78 is 38.6. The van der Waals surface area contributed by atoms with Crippen LogP contribution in [0.2, 0.25) is 0 Å². The van der Waals surface area contributed by atoms with Crippen molar-refractivity contribution >= 4 is 11.9 Å². The first-order valence-corrected chi connectivity index (χ1v) is 6.78. The Labute approximate surface area is 115 Å². The van der Waals surface area contributed by atoms with Gasteiger partial charge in [-0.25, -0.2) is 0 Å². The van der Waals surface area contributed by atoms with Crippen LogP contribution >= 0.6 is 0 Å². The maximum Gasteiger partial charge on any atom is 0.392 e. The van der Waals surface area contributed by atoms with E-state index in [2.05, 4.69) is 5.32 Å². The van der Waals surface area contributed by atoms with Crippen molar-refractivity contribution in [2.75, 3.05) is 6.54 Å². The standard InChI is InChI=1S/C13H20F3NO3/c1-8(6-11(18)19)7-17-12(20)9-4-2-3-5-10(9)13(14,15)16/h8-10H,2-7H2,1H3,(H,17,20)(H,18,19). The zero-order valence-electron chi connectivity index (χ0n) is 11.4. The second-order valence-electron chi connectivity index (χ2n) is 5.49. The molecular weight excluding hydrogens is 275 g/mol. The Morgan fingerprint density at radius 1 is 1.30 bits per heavy atom. The molecule has 0 aromatic rings. The maximum absolute atomic E-state index is 12.9. The molecule has 1 rings (SSSR count). The summed E-state index contributed by atoms with van der Waals surface area (Å²) in [5.74, 6) is -4.52. The molecule has 0 radical (unpaired) electrons. The number of amides is 1. The highest BCUT2D eigenvalue weighted by Gasteiger charge is 2.47. The number of alkyl halides is 3. The van der Waals surface area contributed by atoms with Crippen LogP contribution in [0.25, 0.3) is 0 Å². The molecule has 0 saturated heterocycles. The summed E-state index contributed by atoms with van der Waals surface area (Å²) in [5, 5.41) is 11.0. The SMILES string of the molecule is CC(CNC(=O)C1CCCCC1C(F)(F)F)CC(=O)O. The van der Waals surface area contributed by atoms with Gasteiger partial charge >= 0.3 is 12.1 Å². The van der Waals surface area contributed by atoms with Gasteiger partial charge in [-0.05, 0) is 18.8 Å². The van der Waals surface area contributed by atoms with E-state index in [1.165, 1.54) is 0 Å². The van der Waals surface area contributed by atoms with Crippen molar-refractivity contribution in [1.29, 1.82) is 0 Å². The summed E-state index contributed by atoms with van der Waals surface area (Å²) in [6.07, 6.45) is -3.13. The second-order valence-corrected chi connectivity index (χ2v) is 5.49. The Morgan fingerprint density at radius 3 is 2.45 bits per heavy atom. The van der Waals surface area contributed by atoms with E-state index in [-0.39, 0.29) is 31.7 Å². The molecule has 0 spiro atoms. The summed E-state index contributed by atoms with van der Waals surface area (Å²) in [5.41, 5.74) is 0. The Morgan fingerprint density at radius 2 is 1.90 bits per heavy atom. The Hall–Kier alpha value is -1.27. The highest BCUT2D eigenvalue weighted by Crippen LogP contribution is 2.41. The van der Waals surface area contributed by atoms with Gasteiger partial charge in [-0.2, -0.15) is 13.2 Å². The molecule has 4 nitrogen and oxygen atoms in total. The molecule has 0 heterocycles. The van der Waals surface area contributed by atoms with Gasteiger partial charge in [0.25, 0.3) is 0 Å². The second kappa shape index (κ2) is 6.95. The maximum atomic E-state index is 12.9. The van der Waals surface area contributed by atoms with Crippen molar-refractivity contribution in [3.8, 4) is 0 Å². The number of halogens is 3. The molecule has 0 aliphatic heterocycles. The molecule has 2 N–H and O–H groups in total. The molecule has 1 amide bonds. The fourth-order valence-electron chi connectivity index (χ4n) is 2.61. The Bertz CT molecular complexity index is 357. The molecular formula is C13H20F3NO3. The van der Waals surface area contributed by atoms with Crippen molar-refractivity contribution in [3.63, 3.8) is 0 Å². The third-order valence-corrected chi connectivity index (χ3v) is 3.67. The number of carbonyl (C=O) groups is 2. The van der Waals surface area contributed by atoms with Gasteiger partial charge in [0, 0.05) is 18.9 Å².